The molecule has 0 bridgehead atoms. The van der Waals surface area contributed by atoms with Crippen molar-refractivity contribution in [3.8, 4) is 0 Å². The first kappa shape index (κ1) is 28.4. The lowest BCUT2D eigenvalue weighted by Gasteiger charge is -2.16. The Morgan fingerprint density at radius 1 is 0.844 bits per heavy atom. The van der Waals surface area contributed by atoms with Crippen LogP contribution in [0.4, 0.5) is 5.69 Å². The summed E-state index contributed by atoms with van der Waals surface area (Å²) in [5.74, 6) is -1.03. The minimum Gasteiger partial charge on any atom is -0.481 e. The smallest absolute Gasteiger partial charge is 0.304 e. The van der Waals surface area contributed by atoms with E-state index in [0.717, 1.165) is 12.8 Å². The monoisotopic (exact) mass is 468 g/mol. The largest absolute Gasteiger partial charge is 0.481 e. The lowest BCUT2D eigenvalue weighted by atomic mass is 10.0. The number of carboxylic acid groups (broad SMARTS) is 1. The van der Waals surface area contributed by atoms with Crippen molar-refractivity contribution in [3.05, 3.63) is 29.8 Å². The average molecular weight is 469 g/mol. The molecule has 0 aliphatic carbocycles. The molecule has 0 aliphatic rings. The van der Waals surface area contributed by atoms with Crippen molar-refractivity contribution >= 4 is 21.9 Å². The maximum Gasteiger partial charge on any atom is 0.304 e. The predicted molar refractivity (Wildman–Crippen MR) is 133 cm³/mol. The number of benzene rings is 1. The minimum absolute atomic E-state index is 0.241. The molecule has 0 saturated carbocycles. The van der Waals surface area contributed by atoms with E-state index in [-0.39, 0.29) is 6.42 Å². The molecule has 32 heavy (non-hydrogen) atoms. The van der Waals surface area contributed by atoms with Gasteiger partial charge in [0.05, 0.1) is 6.42 Å². The number of aryl methyl sites for hydroxylation is 1. The maximum atomic E-state index is 12.2. The van der Waals surface area contributed by atoms with Crippen molar-refractivity contribution in [2.45, 2.75) is 116 Å². The van der Waals surface area contributed by atoms with Gasteiger partial charge in [-0.25, -0.2) is 0 Å². The molecule has 0 saturated heterocycles. The Bertz CT molecular complexity index is 720. The molecule has 0 fully saturated rings. The van der Waals surface area contributed by atoms with Gasteiger partial charge in [-0.1, -0.05) is 96.6 Å². The van der Waals surface area contributed by atoms with E-state index in [1.807, 2.05) is 12.1 Å². The fourth-order valence-electron chi connectivity index (χ4n) is 3.79. The standard InChI is InChI=1S/C25H44N2O4S/c1-3-5-6-7-8-9-10-11-12-13-14-15-16-22-17-19-24(20-18-22)27-32(30,31)26-23(4-2)21-25(28)29/h17-20,23,26-27H,3-16,21H2,1-2H3,(H,28,29)/t23-/m0/s1. The summed E-state index contributed by atoms with van der Waals surface area (Å²) >= 11 is 0. The number of carboxylic acids is 1. The van der Waals surface area contributed by atoms with E-state index in [1.54, 1.807) is 19.1 Å². The van der Waals surface area contributed by atoms with Crippen LogP contribution in [0.5, 0.6) is 0 Å². The fourth-order valence-corrected chi connectivity index (χ4v) is 4.99. The summed E-state index contributed by atoms with van der Waals surface area (Å²) in [5, 5.41) is 8.86. The second kappa shape index (κ2) is 17.0. The number of hydrogen-bond donors (Lipinski definition) is 3. The predicted octanol–water partition coefficient (Wildman–Crippen LogP) is 6.43. The third kappa shape index (κ3) is 14.5. The number of unbranched alkanes of at least 4 members (excludes halogenated alkanes) is 11. The average Bonchev–Trinajstić information content (AvgIpc) is 2.74. The Balaban J connectivity index is 2.19. The lowest BCUT2D eigenvalue weighted by molar-refractivity contribution is -0.137. The van der Waals surface area contributed by atoms with Gasteiger partial charge >= 0.3 is 5.97 Å². The van der Waals surface area contributed by atoms with Crippen molar-refractivity contribution in [1.29, 1.82) is 0 Å². The zero-order valence-corrected chi connectivity index (χ0v) is 20.9. The highest BCUT2D eigenvalue weighted by Crippen LogP contribution is 2.16. The molecule has 7 heteroatoms. The van der Waals surface area contributed by atoms with E-state index in [1.165, 1.54) is 76.2 Å². The SMILES string of the molecule is CCCCCCCCCCCCCCc1ccc(NS(=O)(=O)N[C@@H](CC)CC(=O)O)cc1. The molecule has 1 atom stereocenters. The van der Waals surface area contributed by atoms with Gasteiger partial charge in [-0.05, 0) is 37.0 Å². The van der Waals surface area contributed by atoms with Crippen molar-refractivity contribution in [2.75, 3.05) is 4.72 Å². The first-order valence-electron chi connectivity index (χ1n) is 12.5. The molecule has 1 aromatic carbocycles. The van der Waals surface area contributed by atoms with E-state index in [9.17, 15) is 13.2 Å². The summed E-state index contributed by atoms with van der Waals surface area (Å²) in [7, 11) is -3.81. The van der Waals surface area contributed by atoms with Gasteiger partial charge in [0, 0.05) is 11.7 Å². The molecule has 6 nitrogen and oxygen atoms in total. The van der Waals surface area contributed by atoms with E-state index in [0.29, 0.717) is 12.1 Å². The highest BCUT2D eigenvalue weighted by molar-refractivity contribution is 7.90. The summed E-state index contributed by atoms with van der Waals surface area (Å²) in [6.45, 7) is 4.01. The van der Waals surface area contributed by atoms with Gasteiger partial charge in [0.15, 0.2) is 0 Å². The number of carbonyl (C=O) groups is 1. The molecule has 0 heterocycles. The van der Waals surface area contributed by atoms with E-state index in [4.69, 9.17) is 5.11 Å². The Labute approximate surface area is 195 Å². The van der Waals surface area contributed by atoms with Gasteiger partial charge in [0.2, 0.25) is 0 Å². The molecule has 0 radical (unpaired) electrons. The maximum absolute atomic E-state index is 12.2. The van der Waals surface area contributed by atoms with Crippen LogP contribution in [0.25, 0.3) is 0 Å². The Morgan fingerprint density at radius 3 is 1.81 bits per heavy atom. The molecule has 1 rings (SSSR count). The van der Waals surface area contributed by atoms with Crippen LogP contribution in [-0.2, 0) is 21.4 Å². The van der Waals surface area contributed by atoms with E-state index < -0.39 is 22.2 Å². The van der Waals surface area contributed by atoms with Crippen molar-refractivity contribution in [2.24, 2.45) is 0 Å². The molecule has 184 valence electrons. The summed E-state index contributed by atoms with van der Waals surface area (Å²) in [4.78, 5) is 10.8. The van der Waals surface area contributed by atoms with Gasteiger partial charge in [-0.2, -0.15) is 13.1 Å². The van der Waals surface area contributed by atoms with Gasteiger partial charge in [-0.15, -0.1) is 0 Å². The van der Waals surface area contributed by atoms with E-state index in [2.05, 4.69) is 16.4 Å². The fraction of sp³-hybridized carbons (Fsp3) is 0.720. The third-order valence-electron chi connectivity index (χ3n) is 5.76. The van der Waals surface area contributed by atoms with Crippen LogP contribution in [0.15, 0.2) is 24.3 Å². The highest BCUT2D eigenvalue weighted by atomic mass is 32.2. The van der Waals surface area contributed by atoms with Crippen LogP contribution in [0, 0.1) is 0 Å². The molecule has 1 aromatic rings. The quantitative estimate of drug-likeness (QED) is 0.192. The molecule has 0 spiro atoms. The first-order valence-corrected chi connectivity index (χ1v) is 14.0. The Kier molecular flexibility index (Phi) is 15.1. The summed E-state index contributed by atoms with van der Waals surface area (Å²) in [5.41, 5.74) is 1.67. The second-order valence-electron chi connectivity index (χ2n) is 8.76. The Hall–Kier alpha value is -1.60. The Morgan fingerprint density at radius 2 is 1.34 bits per heavy atom. The number of anilines is 1. The number of nitrogens with one attached hydrogen (secondary N) is 2. The summed E-state index contributed by atoms with van der Waals surface area (Å²) in [6.07, 6.45) is 17.1. The molecular weight excluding hydrogens is 424 g/mol. The minimum atomic E-state index is -3.81. The van der Waals surface area contributed by atoms with Crippen LogP contribution in [0.2, 0.25) is 0 Å². The third-order valence-corrected chi connectivity index (χ3v) is 6.91. The topological polar surface area (TPSA) is 95.5 Å². The van der Waals surface area contributed by atoms with Crippen LogP contribution in [0.1, 0.15) is 109 Å². The first-order chi connectivity index (χ1) is 15.4. The van der Waals surface area contributed by atoms with Crippen molar-refractivity contribution in [3.63, 3.8) is 0 Å². The van der Waals surface area contributed by atoms with Crippen molar-refractivity contribution < 1.29 is 18.3 Å². The van der Waals surface area contributed by atoms with E-state index >= 15 is 0 Å². The number of hydrogen-bond acceptors (Lipinski definition) is 3. The number of aliphatic carboxylic acids is 1. The van der Waals surface area contributed by atoms with Crippen LogP contribution >= 0.6 is 0 Å². The normalized spacial score (nSPS) is 12.6. The summed E-state index contributed by atoms with van der Waals surface area (Å²) < 4.78 is 29.3. The molecule has 0 aromatic heterocycles. The molecule has 0 aliphatic heterocycles. The van der Waals surface area contributed by atoms with Gasteiger partial charge in [0.25, 0.3) is 10.2 Å². The zero-order valence-electron chi connectivity index (χ0n) is 20.1. The molecular formula is C25H44N2O4S. The van der Waals surface area contributed by atoms with Gasteiger partial charge in [0.1, 0.15) is 0 Å². The van der Waals surface area contributed by atoms with Gasteiger partial charge in [-0.3, -0.25) is 9.52 Å². The number of rotatable bonds is 20. The summed E-state index contributed by atoms with van der Waals surface area (Å²) in [6, 6.07) is 6.78. The van der Waals surface area contributed by atoms with Crippen LogP contribution in [-0.4, -0.2) is 25.5 Å². The van der Waals surface area contributed by atoms with Crippen LogP contribution < -0.4 is 9.44 Å². The van der Waals surface area contributed by atoms with Crippen molar-refractivity contribution in [1.82, 2.24) is 4.72 Å². The second-order valence-corrected chi connectivity index (χ2v) is 10.2. The van der Waals surface area contributed by atoms with Crippen LogP contribution in [0.3, 0.4) is 0 Å². The zero-order chi connectivity index (χ0) is 23.7. The molecule has 3 N–H and O–H groups in total. The highest BCUT2D eigenvalue weighted by Gasteiger charge is 2.18. The molecule has 0 unspecified atom stereocenters. The molecule has 0 amide bonds. The lowest BCUT2D eigenvalue weighted by Crippen LogP contribution is -2.39. The van der Waals surface area contributed by atoms with Gasteiger partial charge < -0.3 is 5.11 Å².